The zero-order valence-electron chi connectivity index (χ0n) is 21.2. The van der Waals surface area contributed by atoms with Gasteiger partial charge in [0, 0.05) is 34.6 Å². The summed E-state index contributed by atoms with van der Waals surface area (Å²) in [7, 11) is 3.20. The van der Waals surface area contributed by atoms with Crippen LogP contribution in [0.5, 0.6) is 11.5 Å². The van der Waals surface area contributed by atoms with E-state index < -0.39 is 11.9 Å². The second-order valence-corrected chi connectivity index (χ2v) is 8.99. The van der Waals surface area contributed by atoms with Crippen molar-refractivity contribution in [3.05, 3.63) is 58.2 Å². The number of methoxy groups -OCH3 is 2. The molecule has 3 N–H and O–H groups in total. The smallest absolute Gasteiger partial charge is 0.323 e. The normalized spacial score (nSPS) is 10.8. The van der Waals surface area contributed by atoms with Gasteiger partial charge in [-0.3, -0.25) is 14.4 Å². The summed E-state index contributed by atoms with van der Waals surface area (Å²) in [4.78, 5) is 36.2. The first-order chi connectivity index (χ1) is 17.8. The molecule has 0 fully saturated rings. The summed E-state index contributed by atoms with van der Waals surface area (Å²) in [6.45, 7) is 1.83. The number of aliphatic carboxylic acids is 1. The van der Waals surface area contributed by atoms with Crippen molar-refractivity contribution in [2.45, 2.75) is 39.2 Å². The Morgan fingerprint density at radius 3 is 2.43 bits per heavy atom. The van der Waals surface area contributed by atoms with E-state index in [-0.39, 0.29) is 24.7 Å². The Labute approximate surface area is 220 Å². The number of para-hydroxylation sites is 1. The minimum atomic E-state index is -1.06. The fraction of sp³-hybridized carbons (Fsp3) is 0.370. The lowest BCUT2D eigenvalue weighted by Gasteiger charge is -2.15. The number of hydrogen-bond donors (Lipinski definition) is 3. The largest absolute Gasteiger partial charge is 0.496 e. The van der Waals surface area contributed by atoms with Gasteiger partial charge in [-0.2, -0.15) is 0 Å². The van der Waals surface area contributed by atoms with Crippen LogP contribution in [0.15, 0.2) is 36.4 Å². The van der Waals surface area contributed by atoms with Crippen LogP contribution in [-0.4, -0.2) is 54.8 Å². The Balaban J connectivity index is 1.44. The van der Waals surface area contributed by atoms with E-state index in [2.05, 4.69) is 10.6 Å². The number of aromatic nitrogens is 1. The van der Waals surface area contributed by atoms with E-state index in [9.17, 15) is 19.5 Å². The highest BCUT2D eigenvalue weighted by Crippen LogP contribution is 2.37. The molecule has 2 amide bonds. The third-order valence-electron chi connectivity index (χ3n) is 6.14. The number of carboxylic acid groups (broad SMARTS) is 1. The molecule has 0 aliphatic heterocycles. The zero-order valence-corrected chi connectivity index (χ0v) is 22.0. The predicted octanol–water partition coefficient (Wildman–Crippen LogP) is 3.96. The van der Waals surface area contributed by atoms with E-state index in [1.165, 1.54) is 4.57 Å². The number of carbonyl (C=O) groups is 3. The van der Waals surface area contributed by atoms with Gasteiger partial charge in [-0.25, -0.2) is 0 Å². The molecule has 9 nitrogen and oxygen atoms in total. The fourth-order valence-electron chi connectivity index (χ4n) is 4.23. The van der Waals surface area contributed by atoms with Gasteiger partial charge >= 0.3 is 5.97 Å². The molecule has 2 aromatic carbocycles. The van der Waals surface area contributed by atoms with Gasteiger partial charge in [-0.05, 0) is 38.3 Å². The highest BCUT2D eigenvalue weighted by molar-refractivity contribution is 6.32. The van der Waals surface area contributed by atoms with Gasteiger partial charge in [0.15, 0.2) is 0 Å². The standard InChI is InChI=1S/C27H32ClN3O6/c1-17-22(36-2)14-23(37-3)19(26(17)28)10-5-4-8-12-29-24(32)15-30-27(35)21-13-18-9-6-7-11-20(18)31(21)16-25(33)34/h6-7,9,11,13-14H,4-5,8,10,12,15-16H2,1-3H3,(H,29,32)(H,30,35)(H,33,34). The number of nitrogens with one attached hydrogen (secondary N) is 2. The third-order valence-corrected chi connectivity index (χ3v) is 6.65. The molecule has 0 bridgehead atoms. The van der Waals surface area contributed by atoms with Crippen LogP contribution in [0.4, 0.5) is 0 Å². The molecule has 1 aromatic heterocycles. The molecule has 0 saturated carbocycles. The second-order valence-electron chi connectivity index (χ2n) is 8.61. The monoisotopic (exact) mass is 529 g/mol. The van der Waals surface area contributed by atoms with Gasteiger partial charge in [0.05, 0.1) is 25.8 Å². The first-order valence-electron chi connectivity index (χ1n) is 12.0. The van der Waals surface area contributed by atoms with Gasteiger partial charge in [0.2, 0.25) is 5.91 Å². The van der Waals surface area contributed by atoms with Crippen LogP contribution in [0.1, 0.15) is 40.9 Å². The van der Waals surface area contributed by atoms with Gasteiger partial charge in [-0.1, -0.05) is 36.2 Å². The van der Waals surface area contributed by atoms with Gasteiger partial charge in [-0.15, -0.1) is 0 Å². The van der Waals surface area contributed by atoms with Gasteiger partial charge in [0.1, 0.15) is 23.7 Å². The van der Waals surface area contributed by atoms with Crippen LogP contribution in [-0.2, 0) is 22.6 Å². The van der Waals surface area contributed by atoms with E-state index in [1.807, 2.05) is 19.1 Å². The average Bonchev–Trinajstić information content (AvgIpc) is 3.24. The minimum absolute atomic E-state index is 0.194. The summed E-state index contributed by atoms with van der Waals surface area (Å²) in [5, 5.41) is 16.0. The summed E-state index contributed by atoms with van der Waals surface area (Å²) in [5.74, 6) is -0.503. The maximum absolute atomic E-state index is 12.7. The van der Waals surface area contributed by atoms with Gasteiger partial charge < -0.3 is 29.8 Å². The van der Waals surface area contributed by atoms with Crippen LogP contribution in [0.3, 0.4) is 0 Å². The lowest BCUT2D eigenvalue weighted by atomic mass is 10.0. The highest BCUT2D eigenvalue weighted by atomic mass is 35.5. The molecule has 3 rings (SSSR count). The van der Waals surface area contributed by atoms with Crippen LogP contribution in [0.2, 0.25) is 5.02 Å². The number of amides is 2. The molecule has 198 valence electrons. The summed E-state index contributed by atoms with van der Waals surface area (Å²) in [6, 6.07) is 10.6. The summed E-state index contributed by atoms with van der Waals surface area (Å²) >= 11 is 6.52. The van der Waals surface area contributed by atoms with E-state index in [0.717, 1.165) is 42.2 Å². The van der Waals surface area contributed by atoms with Gasteiger partial charge in [0.25, 0.3) is 5.91 Å². The quantitative estimate of drug-likeness (QED) is 0.288. The second kappa shape index (κ2) is 13.0. The number of carboxylic acids is 1. The highest BCUT2D eigenvalue weighted by Gasteiger charge is 2.18. The third kappa shape index (κ3) is 6.95. The van der Waals surface area contributed by atoms with Crippen molar-refractivity contribution in [3.63, 3.8) is 0 Å². The first-order valence-corrected chi connectivity index (χ1v) is 12.4. The van der Waals surface area contributed by atoms with Crippen molar-refractivity contribution in [3.8, 4) is 11.5 Å². The molecule has 1 heterocycles. The minimum Gasteiger partial charge on any atom is -0.496 e. The zero-order chi connectivity index (χ0) is 26.9. The Bertz CT molecular complexity index is 1290. The number of hydrogen-bond acceptors (Lipinski definition) is 5. The molecule has 10 heteroatoms. The Morgan fingerprint density at radius 2 is 1.73 bits per heavy atom. The van der Waals surface area contributed by atoms with E-state index >= 15 is 0 Å². The number of benzene rings is 2. The van der Waals surface area contributed by atoms with Crippen molar-refractivity contribution < 1.29 is 29.0 Å². The van der Waals surface area contributed by atoms with Crippen molar-refractivity contribution in [1.82, 2.24) is 15.2 Å². The van der Waals surface area contributed by atoms with E-state index in [4.69, 9.17) is 21.1 Å². The maximum Gasteiger partial charge on any atom is 0.323 e. The molecular formula is C27H32ClN3O6. The molecule has 0 saturated heterocycles. The Morgan fingerprint density at radius 1 is 1.00 bits per heavy atom. The Hall–Kier alpha value is -3.72. The van der Waals surface area contributed by atoms with Crippen LogP contribution in [0.25, 0.3) is 10.9 Å². The van der Waals surface area contributed by atoms with Crippen molar-refractivity contribution in [2.24, 2.45) is 0 Å². The van der Waals surface area contributed by atoms with Crippen LogP contribution in [0, 0.1) is 6.92 Å². The molecule has 0 radical (unpaired) electrons. The number of rotatable bonds is 13. The predicted molar refractivity (Wildman–Crippen MR) is 142 cm³/mol. The van der Waals surface area contributed by atoms with Crippen LogP contribution >= 0.6 is 11.6 Å². The molecule has 0 spiro atoms. The number of unbranched alkanes of at least 4 members (excludes halogenated alkanes) is 2. The first kappa shape index (κ1) is 27.9. The van der Waals surface area contributed by atoms with Crippen LogP contribution < -0.4 is 20.1 Å². The lowest BCUT2D eigenvalue weighted by Crippen LogP contribution is -2.38. The number of carbonyl (C=O) groups excluding carboxylic acids is 2. The summed E-state index contributed by atoms with van der Waals surface area (Å²) in [5.41, 5.74) is 2.65. The molecule has 0 aliphatic rings. The molecular weight excluding hydrogens is 498 g/mol. The molecule has 3 aromatic rings. The molecule has 0 aliphatic carbocycles. The number of ether oxygens (including phenoxy) is 2. The summed E-state index contributed by atoms with van der Waals surface area (Å²) < 4.78 is 12.2. The topological polar surface area (TPSA) is 119 Å². The van der Waals surface area contributed by atoms with E-state index in [1.54, 1.807) is 38.5 Å². The summed E-state index contributed by atoms with van der Waals surface area (Å²) in [6.07, 6.45) is 3.23. The maximum atomic E-state index is 12.7. The lowest BCUT2D eigenvalue weighted by molar-refractivity contribution is -0.137. The SMILES string of the molecule is COc1cc(OC)c(CCCCCNC(=O)CNC(=O)c2cc3ccccc3n2CC(=O)O)c(Cl)c1C. The fourth-order valence-corrected chi connectivity index (χ4v) is 4.51. The number of halogens is 1. The number of fused-ring (bicyclic) bond motifs is 1. The molecule has 0 unspecified atom stereocenters. The van der Waals surface area contributed by atoms with Crippen molar-refractivity contribution >= 4 is 40.3 Å². The molecule has 37 heavy (non-hydrogen) atoms. The van der Waals surface area contributed by atoms with Crippen molar-refractivity contribution in [1.29, 1.82) is 0 Å². The molecule has 0 atom stereocenters. The Kier molecular flexibility index (Phi) is 9.79. The average molecular weight is 530 g/mol. The number of nitrogens with zero attached hydrogens (tertiary/aromatic N) is 1. The van der Waals surface area contributed by atoms with E-state index in [0.29, 0.717) is 28.6 Å². The van der Waals surface area contributed by atoms with Crippen molar-refractivity contribution in [2.75, 3.05) is 27.3 Å².